The Morgan fingerprint density at radius 1 is 0.893 bits per heavy atom. The predicted molar refractivity (Wildman–Crippen MR) is 108 cm³/mol. The van der Waals surface area contributed by atoms with E-state index in [-0.39, 0.29) is 6.54 Å². The summed E-state index contributed by atoms with van der Waals surface area (Å²) in [6.07, 6.45) is 0. The Bertz CT molecular complexity index is 1190. The van der Waals surface area contributed by atoms with Crippen LogP contribution in [0.4, 0.5) is 0 Å². The number of nitrogens with zero attached hydrogens (tertiary/aromatic N) is 6. The van der Waals surface area contributed by atoms with Crippen molar-refractivity contribution in [3.05, 3.63) is 106 Å². The molecule has 1 atom stereocenters. The van der Waals surface area contributed by atoms with Gasteiger partial charge >= 0.3 is 0 Å². The fraction of sp³-hybridized carbons (Fsp3) is 0.0909. The molecular formula is C22H16N6. The first kappa shape index (κ1) is 16.3. The van der Waals surface area contributed by atoms with Gasteiger partial charge in [-0.3, -0.25) is 0 Å². The van der Waals surface area contributed by atoms with Crippen LogP contribution in [-0.2, 0) is 5.54 Å². The summed E-state index contributed by atoms with van der Waals surface area (Å²) < 4.78 is 1.92. The van der Waals surface area contributed by atoms with Crippen LogP contribution in [0.5, 0.6) is 0 Å². The third kappa shape index (κ3) is 2.19. The molecule has 1 unspecified atom stereocenters. The average molecular weight is 364 g/mol. The van der Waals surface area contributed by atoms with Crippen LogP contribution in [0.1, 0.15) is 11.1 Å². The Morgan fingerprint density at radius 2 is 1.57 bits per heavy atom. The maximum Gasteiger partial charge on any atom is 0.121 e. The number of azide groups is 1. The molecule has 0 fully saturated rings. The van der Waals surface area contributed by atoms with Gasteiger partial charge in [-0.2, -0.15) is 0 Å². The minimum atomic E-state index is -0.723. The molecule has 1 aliphatic rings. The Morgan fingerprint density at radius 3 is 2.32 bits per heavy atom. The van der Waals surface area contributed by atoms with E-state index in [1.807, 2.05) is 77.5 Å². The van der Waals surface area contributed by atoms with Gasteiger partial charge in [-0.1, -0.05) is 95.3 Å². The van der Waals surface area contributed by atoms with Gasteiger partial charge in [-0.05, 0) is 16.7 Å². The Labute approximate surface area is 161 Å². The first-order chi connectivity index (χ1) is 13.9. The second-order valence-electron chi connectivity index (χ2n) is 6.73. The van der Waals surface area contributed by atoms with Gasteiger partial charge in [0.1, 0.15) is 11.2 Å². The van der Waals surface area contributed by atoms with Crippen molar-refractivity contribution in [2.75, 3.05) is 6.54 Å². The Balaban J connectivity index is 1.86. The number of hydrogen-bond acceptors (Lipinski definition) is 3. The van der Waals surface area contributed by atoms with Crippen molar-refractivity contribution >= 4 is 0 Å². The monoisotopic (exact) mass is 364 g/mol. The summed E-state index contributed by atoms with van der Waals surface area (Å²) in [5, 5.41) is 13.0. The molecule has 0 bridgehead atoms. The van der Waals surface area contributed by atoms with Crippen LogP contribution >= 0.6 is 0 Å². The van der Waals surface area contributed by atoms with Gasteiger partial charge in [0.2, 0.25) is 0 Å². The highest BCUT2D eigenvalue weighted by atomic mass is 15.5. The molecule has 4 aromatic rings. The first-order valence-electron chi connectivity index (χ1n) is 9.04. The van der Waals surface area contributed by atoms with Crippen molar-refractivity contribution in [1.29, 1.82) is 0 Å². The van der Waals surface area contributed by atoms with E-state index in [4.69, 9.17) is 5.53 Å². The van der Waals surface area contributed by atoms with Crippen molar-refractivity contribution < 1.29 is 0 Å². The Kier molecular flexibility index (Phi) is 3.71. The quantitative estimate of drug-likeness (QED) is 0.289. The van der Waals surface area contributed by atoms with E-state index in [9.17, 15) is 0 Å². The molecule has 134 valence electrons. The lowest BCUT2D eigenvalue weighted by Gasteiger charge is -2.30. The summed E-state index contributed by atoms with van der Waals surface area (Å²) in [5.41, 5.74) is 14.3. The van der Waals surface area contributed by atoms with Gasteiger partial charge in [0.15, 0.2) is 0 Å². The second-order valence-corrected chi connectivity index (χ2v) is 6.73. The molecule has 6 heteroatoms. The van der Waals surface area contributed by atoms with Crippen molar-refractivity contribution in [1.82, 2.24) is 15.0 Å². The third-order valence-corrected chi connectivity index (χ3v) is 5.32. The number of aromatic nitrogens is 3. The van der Waals surface area contributed by atoms with Crippen molar-refractivity contribution in [3.8, 4) is 22.5 Å². The smallest absolute Gasteiger partial charge is 0.121 e. The highest BCUT2D eigenvalue weighted by molar-refractivity contribution is 5.84. The summed E-state index contributed by atoms with van der Waals surface area (Å²) in [6, 6.07) is 28.3. The highest BCUT2D eigenvalue weighted by Gasteiger charge is 2.46. The van der Waals surface area contributed by atoms with E-state index >= 15 is 0 Å². The third-order valence-electron chi connectivity index (χ3n) is 5.32. The number of rotatable bonds is 4. The topological polar surface area (TPSA) is 79.5 Å². The number of fused-ring (bicyclic) bond motifs is 3. The molecule has 5 rings (SSSR count). The Hall–Kier alpha value is -3.89. The first-order valence-corrected chi connectivity index (χ1v) is 9.04. The maximum absolute atomic E-state index is 9.08. The van der Waals surface area contributed by atoms with Crippen LogP contribution in [0, 0.1) is 0 Å². The second kappa shape index (κ2) is 6.37. The molecule has 2 heterocycles. The molecule has 6 nitrogen and oxygen atoms in total. The molecule has 3 aromatic carbocycles. The van der Waals surface area contributed by atoms with Gasteiger partial charge in [-0.25, -0.2) is 4.68 Å². The lowest BCUT2D eigenvalue weighted by Crippen LogP contribution is -2.37. The zero-order valence-corrected chi connectivity index (χ0v) is 15.0. The molecule has 1 aromatic heterocycles. The fourth-order valence-corrected chi connectivity index (χ4v) is 4.11. The predicted octanol–water partition coefficient (Wildman–Crippen LogP) is 5.03. The van der Waals surface area contributed by atoms with E-state index in [0.29, 0.717) is 0 Å². The van der Waals surface area contributed by atoms with Gasteiger partial charge in [0.05, 0.1) is 12.2 Å². The van der Waals surface area contributed by atoms with Crippen LogP contribution in [0.3, 0.4) is 0 Å². The molecule has 0 saturated heterocycles. The van der Waals surface area contributed by atoms with Crippen molar-refractivity contribution in [3.63, 3.8) is 0 Å². The van der Waals surface area contributed by atoms with E-state index in [0.717, 1.165) is 33.6 Å². The van der Waals surface area contributed by atoms with Crippen LogP contribution in [-0.4, -0.2) is 21.5 Å². The summed E-state index contributed by atoms with van der Waals surface area (Å²) in [6.45, 7) is 0.217. The van der Waals surface area contributed by atoms with Gasteiger partial charge in [0, 0.05) is 16.0 Å². The van der Waals surface area contributed by atoms with Crippen molar-refractivity contribution in [2.24, 2.45) is 5.11 Å². The lowest BCUT2D eigenvalue weighted by atomic mass is 9.83. The highest BCUT2D eigenvalue weighted by Crippen LogP contribution is 2.49. The molecule has 0 spiro atoms. The van der Waals surface area contributed by atoms with Gasteiger partial charge in [0.25, 0.3) is 0 Å². The van der Waals surface area contributed by atoms with Crippen LogP contribution in [0.2, 0.25) is 0 Å². The standard InChI is InChI=1S/C22H16N6/c23-26-24-15-22(17-11-5-2-6-12-17)19-14-8-7-13-18(19)21-20(25-27-28(21)22)16-9-3-1-4-10-16/h1-14H,15H2. The normalized spacial score (nSPS) is 16.9. The molecule has 0 aliphatic carbocycles. The van der Waals surface area contributed by atoms with E-state index < -0.39 is 5.54 Å². The average Bonchev–Trinajstić information content (AvgIpc) is 3.32. The molecule has 0 radical (unpaired) electrons. The van der Waals surface area contributed by atoms with E-state index in [2.05, 4.69) is 32.5 Å². The zero-order valence-electron chi connectivity index (χ0n) is 15.0. The zero-order chi connectivity index (χ0) is 19.0. The summed E-state index contributed by atoms with van der Waals surface area (Å²) in [4.78, 5) is 3.04. The molecule has 0 amide bonds. The molecule has 28 heavy (non-hydrogen) atoms. The van der Waals surface area contributed by atoms with Gasteiger partial charge in [-0.15, -0.1) is 5.10 Å². The molecule has 1 aliphatic heterocycles. The number of hydrogen-bond donors (Lipinski definition) is 0. The minimum absolute atomic E-state index is 0.217. The summed E-state index contributed by atoms with van der Waals surface area (Å²) in [7, 11) is 0. The van der Waals surface area contributed by atoms with Crippen LogP contribution in [0.15, 0.2) is 90.0 Å². The van der Waals surface area contributed by atoms with Crippen LogP contribution < -0.4 is 0 Å². The molecule has 0 saturated carbocycles. The number of benzene rings is 3. The van der Waals surface area contributed by atoms with E-state index in [1.54, 1.807) is 0 Å². The minimum Gasteiger partial charge on any atom is -0.229 e. The SMILES string of the molecule is [N-]=[N+]=NCC1(c2ccccc2)c2ccccc2-c2c(-c3ccccc3)nnn21. The lowest BCUT2D eigenvalue weighted by molar-refractivity contribution is 0.407. The van der Waals surface area contributed by atoms with Crippen LogP contribution in [0.25, 0.3) is 33.0 Å². The largest absolute Gasteiger partial charge is 0.229 e. The summed E-state index contributed by atoms with van der Waals surface area (Å²) >= 11 is 0. The summed E-state index contributed by atoms with van der Waals surface area (Å²) in [5.74, 6) is 0. The molecule has 0 N–H and O–H groups in total. The van der Waals surface area contributed by atoms with Gasteiger partial charge < -0.3 is 0 Å². The maximum atomic E-state index is 9.08. The molecular weight excluding hydrogens is 348 g/mol. The fourth-order valence-electron chi connectivity index (χ4n) is 4.11. The van der Waals surface area contributed by atoms with E-state index in [1.165, 1.54) is 0 Å². The van der Waals surface area contributed by atoms with Crippen molar-refractivity contribution in [2.45, 2.75) is 5.54 Å².